The van der Waals surface area contributed by atoms with Crippen LogP contribution < -0.4 is 10.1 Å². The number of hydrogen-bond donors (Lipinski definition) is 2. The number of para-hydroxylation sites is 1. The van der Waals surface area contributed by atoms with Gasteiger partial charge >= 0.3 is 0 Å². The first-order chi connectivity index (χ1) is 9.67. The molecule has 4 nitrogen and oxygen atoms in total. The lowest BCUT2D eigenvalue weighted by Gasteiger charge is -2.23. The molecule has 0 spiro atoms. The molecule has 0 saturated heterocycles. The summed E-state index contributed by atoms with van der Waals surface area (Å²) in [6.45, 7) is 2.49. The van der Waals surface area contributed by atoms with Crippen LogP contribution in [-0.2, 0) is 6.61 Å². The zero-order valence-corrected chi connectivity index (χ0v) is 11.9. The number of aliphatic hydroxyl groups is 1. The summed E-state index contributed by atoms with van der Waals surface area (Å²) in [4.78, 5) is 0. The molecule has 0 aliphatic heterocycles. The topological polar surface area (TPSA) is 65.3 Å². The Morgan fingerprint density at radius 3 is 2.85 bits per heavy atom. The van der Waals surface area contributed by atoms with Crippen molar-refractivity contribution in [1.29, 1.82) is 5.26 Å². The van der Waals surface area contributed by atoms with E-state index in [-0.39, 0.29) is 6.61 Å². The van der Waals surface area contributed by atoms with Gasteiger partial charge in [0.15, 0.2) is 0 Å². The Kier molecular flexibility index (Phi) is 4.99. The fraction of sp³-hybridized carbons (Fsp3) is 0.562. The number of nitrogens with one attached hydrogen (secondary N) is 1. The van der Waals surface area contributed by atoms with Crippen LogP contribution in [0, 0.1) is 11.3 Å². The van der Waals surface area contributed by atoms with Crippen molar-refractivity contribution in [3.05, 3.63) is 29.8 Å². The summed E-state index contributed by atoms with van der Waals surface area (Å²) in [5.74, 6) is 0.726. The van der Waals surface area contributed by atoms with Gasteiger partial charge in [0.2, 0.25) is 0 Å². The second-order valence-electron chi connectivity index (χ2n) is 5.58. The minimum absolute atomic E-state index is 0.0185. The van der Waals surface area contributed by atoms with E-state index in [1.807, 2.05) is 31.2 Å². The van der Waals surface area contributed by atoms with Gasteiger partial charge in [-0.25, -0.2) is 0 Å². The quantitative estimate of drug-likeness (QED) is 0.714. The van der Waals surface area contributed by atoms with Gasteiger partial charge in [-0.15, -0.1) is 0 Å². The second kappa shape index (κ2) is 6.74. The number of hydrogen-bond acceptors (Lipinski definition) is 4. The van der Waals surface area contributed by atoms with Crippen LogP contribution in [0.5, 0.6) is 5.75 Å². The van der Waals surface area contributed by atoms with Gasteiger partial charge in [-0.1, -0.05) is 18.2 Å². The lowest BCUT2D eigenvalue weighted by atomic mass is 9.98. The van der Waals surface area contributed by atoms with Crippen molar-refractivity contribution >= 4 is 0 Å². The maximum atomic E-state index is 9.27. The molecule has 2 rings (SSSR count). The van der Waals surface area contributed by atoms with Crippen molar-refractivity contribution < 1.29 is 9.84 Å². The third-order valence-electron chi connectivity index (χ3n) is 3.57. The maximum Gasteiger partial charge on any atom is 0.124 e. The summed E-state index contributed by atoms with van der Waals surface area (Å²) in [6.07, 6.45) is 3.93. The molecule has 1 aromatic rings. The summed E-state index contributed by atoms with van der Waals surface area (Å²) in [7, 11) is 0. The van der Waals surface area contributed by atoms with E-state index in [9.17, 15) is 10.4 Å². The van der Waals surface area contributed by atoms with E-state index in [0.717, 1.165) is 24.2 Å². The number of rotatable bonds is 8. The van der Waals surface area contributed by atoms with E-state index in [0.29, 0.717) is 12.6 Å². The first-order valence-electron chi connectivity index (χ1n) is 7.17. The van der Waals surface area contributed by atoms with Crippen molar-refractivity contribution in [3.63, 3.8) is 0 Å². The normalized spacial score (nSPS) is 17.2. The van der Waals surface area contributed by atoms with Gasteiger partial charge in [0.1, 0.15) is 11.3 Å². The SMILES string of the molecule is CC(C#N)(CCCOc1ccccc1CO)NC1CC1. The van der Waals surface area contributed by atoms with Crippen LogP contribution in [0.3, 0.4) is 0 Å². The van der Waals surface area contributed by atoms with Gasteiger partial charge in [0.25, 0.3) is 0 Å². The Morgan fingerprint density at radius 2 is 2.20 bits per heavy atom. The van der Waals surface area contributed by atoms with Crippen molar-refractivity contribution in [2.75, 3.05) is 6.61 Å². The predicted octanol–water partition coefficient (Wildman–Crippen LogP) is 2.37. The monoisotopic (exact) mass is 274 g/mol. The molecule has 1 atom stereocenters. The molecule has 0 radical (unpaired) electrons. The molecule has 1 aliphatic rings. The lowest BCUT2D eigenvalue weighted by Crippen LogP contribution is -2.42. The Balaban J connectivity index is 1.76. The standard InChI is InChI=1S/C16H22N2O2/c1-16(12-17,18-14-7-8-14)9-4-10-20-15-6-3-2-5-13(15)11-19/h2-3,5-6,14,18-19H,4,7-11H2,1H3. The van der Waals surface area contributed by atoms with Crippen LogP contribution in [0.2, 0.25) is 0 Å². The number of nitrogens with zero attached hydrogens (tertiary/aromatic N) is 1. The van der Waals surface area contributed by atoms with Crippen LogP contribution in [0.1, 0.15) is 38.2 Å². The Morgan fingerprint density at radius 1 is 1.45 bits per heavy atom. The molecule has 1 unspecified atom stereocenters. The molecule has 20 heavy (non-hydrogen) atoms. The number of ether oxygens (including phenoxy) is 1. The first-order valence-corrected chi connectivity index (χ1v) is 7.17. The molecule has 0 aromatic heterocycles. The van der Waals surface area contributed by atoms with E-state index in [4.69, 9.17) is 4.74 Å². The minimum atomic E-state index is -0.457. The second-order valence-corrected chi connectivity index (χ2v) is 5.58. The van der Waals surface area contributed by atoms with Gasteiger partial charge in [-0.3, -0.25) is 5.32 Å². The van der Waals surface area contributed by atoms with Gasteiger partial charge in [0, 0.05) is 11.6 Å². The zero-order valence-electron chi connectivity index (χ0n) is 11.9. The average molecular weight is 274 g/mol. The van der Waals surface area contributed by atoms with E-state index in [1.165, 1.54) is 12.8 Å². The Bertz CT molecular complexity index is 480. The predicted molar refractivity (Wildman–Crippen MR) is 77.3 cm³/mol. The number of benzene rings is 1. The fourth-order valence-electron chi connectivity index (χ4n) is 2.22. The van der Waals surface area contributed by atoms with Crippen molar-refractivity contribution in [1.82, 2.24) is 5.32 Å². The van der Waals surface area contributed by atoms with Gasteiger partial charge < -0.3 is 9.84 Å². The van der Waals surface area contributed by atoms with Gasteiger partial charge in [0.05, 0.1) is 19.3 Å². The van der Waals surface area contributed by atoms with E-state index >= 15 is 0 Å². The van der Waals surface area contributed by atoms with Crippen LogP contribution in [0.4, 0.5) is 0 Å². The molecule has 2 N–H and O–H groups in total. The molecular weight excluding hydrogens is 252 g/mol. The molecule has 4 heteroatoms. The van der Waals surface area contributed by atoms with E-state index in [2.05, 4.69) is 11.4 Å². The highest BCUT2D eigenvalue weighted by Crippen LogP contribution is 2.24. The summed E-state index contributed by atoms with van der Waals surface area (Å²) in [5.41, 5.74) is 0.341. The van der Waals surface area contributed by atoms with Crippen molar-refractivity contribution in [3.8, 4) is 11.8 Å². The minimum Gasteiger partial charge on any atom is -0.493 e. The van der Waals surface area contributed by atoms with Crippen molar-refractivity contribution in [2.24, 2.45) is 0 Å². The molecule has 108 valence electrons. The van der Waals surface area contributed by atoms with Gasteiger partial charge in [-0.05, 0) is 38.7 Å². The molecule has 1 fully saturated rings. The summed E-state index contributed by atoms with van der Waals surface area (Å²) < 4.78 is 5.69. The molecule has 0 bridgehead atoms. The number of nitriles is 1. The van der Waals surface area contributed by atoms with Crippen LogP contribution >= 0.6 is 0 Å². The third-order valence-corrected chi connectivity index (χ3v) is 3.57. The van der Waals surface area contributed by atoms with Crippen LogP contribution in [-0.4, -0.2) is 23.3 Å². The smallest absolute Gasteiger partial charge is 0.124 e. The molecular formula is C16H22N2O2. The van der Waals surface area contributed by atoms with Crippen LogP contribution in [0.25, 0.3) is 0 Å². The Hall–Kier alpha value is -1.57. The highest BCUT2D eigenvalue weighted by molar-refractivity contribution is 5.32. The molecule has 0 amide bonds. The molecule has 1 aliphatic carbocycles. The first kappa shape index (κ1) is 14.8. The summed E-state index contributed by atoms with van der Waals surface area (Å²) >= 11 is 0. The fourth-order valence-corrected chi connectivity index (χ4v) is 2.22. The summed E-state index contributed by atoms with van der Waals surface area (Å²) in [6, 6.07) is 10.4. The largest absolute Gasteiger partial charge is 0.493 e. The van der Waals surface area contributed by atoms with Crippen molar-refractivity contribution in [2.45, 2.75) is 50.8 Å². The number of aliphatic hydroxyl groups excluding tert-OH is 1. The zero-order chi connectivity index (χ0) is 14.4. The molecule has 0 heterocycles. The molecule has 1 saturated carbocycles. The highest BCUT2D eigenvalue weighted by Gasteiger charge is 2.31. The lowest BCUT2D eigenvalue weighted by molar-refractivity contribution is 0.254. The molecule has 1 aromatic carbocycles. The van der Waals surface area contributed by atoms with Crippen LogP contribution in [0.15, 0.2) is 24.3 Å². The maximum absolute atomic E-state index is 9.27. The van der Waals surface area contributed by atoms with E-state index in [1.54, 1.807) is 0 Å². The van der Waals surface area contributed by atoms with Gasteiger partial charge in [-0.2, -0.15) is 5.26 Å². The third kappa shape index (κ3) is 4.22. The summed E-state index contributed by atoms with van der Waals surface area (Å²) in [5, 5.41) is 21.9. The van der Waals surface area contributed by atoms with E-state index < -0.39 is 5.54 Å². The highest BCUT2D eigenvalue weighted by atomic mass is 16.5. The Labute approximate surface area is 120 Å². The average Bonchev–Trinajstić information content (AvgIpc) is 3.28.